The maximum Gasteiger partial charge on any atom is 0.238 e. The standard InChI is InChI=1S/C57H37N5/c1-4-17-38(18-5-1)41-23-14-25-43(33-41)44-26-16-28-46(35-44)61-51-31-12-10-29-47(51)49-36-50-48-30-11-13-32-52(48)62(54(50)37-53(49)61)57-59-55(40-21-8-3-9-22-40)58-56(60-57)45-27-15-24-42(34-45)39-19-6-2-7-20-39/h1-37H/i1D,2D,3D,4D,5D,6D,7D,8D,9D,14D,15D,16D,17D,18D,19D,20D,21D,22D,23D,25D,26D,27D,28D,33D,34D,35D. The summed E-state index contributed by atoms with van der Waals surface area (Å²) in [6.45, 7) is 0. The van der Waals surface area contributed by atoms with E-state index < -0.39 is 219 Å². The number of fused-ring (bicyclic) bond motifs is 6. The Balaban J connectivity index is 1.19. The molecule has 9 aromatic carbocycles. The van der Waals surface area contributed by atoms with Gasteiger partial charge in [0.25, 0.3) is 0 Å². The van der Waals surface area contributed by atoms with E-state index >= 15 is 0 Å². The van der Waals surface area contributed by atoms with Gasteiger partial charge in [0.05, 0.1) is 57.7 Å². The molecule has 3 aromatic heterocycles. The highest BCUT2D eigenvalue weighted by Crippen LogP contribution is 2.40. The molecule has 0 atom stereocenters. The zero-order valence-electron chi connectivity index (χ0n) is 57.6. The molecule has 0 bridgehead atoms. The first-order valence-electron chi connectivity index (χ1n) is 31.8. The number of rotatable bonds is 7. The molecule has 5 nitrogen and oxygen atoms in total. The second-order valence-electron chi connectivity index (χ2n) is 13.7. The smallest absolute Gasteiger partial charge is 0.238 e. The van der Waals surface area contributed by atoms with E-state index in [1.807, 2.05) is 0 Å². The highest BCUT2D eigenvalue weighted by Gasteiger charge is 2.21. The molecule has 290 valence electrons. The minimum atomic E-state index is -0.905. The van der Waals surface area contributed by atoms with Crippen LogP contribution in [0.5, 0.6) is 0 Å². The SMILES string of the molecule is [2H]c1cc(-c2c([2H])c([2H])c([2H])c([2H])c2[2H])c([2H])c(-c2nc(-c3c([2H])c([2H])c([2H])c([2H])c3[2H])nc(-n3c4ccccc4c4cc5c6ccccc6n(-c6c([2H])c([2H])c([2H])c(-c7c([2H])c([2H])c([2H])c(-c8c([2H])c([2H])c([2H])c([2H])c8[2H])c7[2H])c6[2H])c5cc43)n2)c1[2H]. The summed E-state index contributed by atoms with van der Waals surface area (Å²) < 4.78 is 234. The van der Waals surface area contributed by atoms with Gasteiger partial charge in [-0.05, 0) is 81.8 Å². The molecule has 0 unspecified atom stereocenters. The molecule has 3 heterocycles. The van der Waals surface area contributed by atoms with E-state index in [4.69, 9.17) is 36.0 Å². The van der Waals surface area contributed by atoms with Crippen LogP contribution >= 0.6 is 0 Å². The molecule has 0 saturated heterocycles. The molecule has 0 aliphatic heterocycles. The molecule has 0 saturated carbocycles. The molecule has 0 aliphatic rings. The van der Waals surface area contributed by atoms with Gasteiger partial charge in [0.1, 0.15) is 0 Å². The largest absolute Gasteiger partial charge is 0.309 e. The zero-order chi connectivity index (χ0) is 63.6. The average molecular weight is 818 g/mol. The van der Waals surface area contributed by atoms with Crippen molar-refractivity contribution in [1.82, 2.24) is 24.1 Å². The van der Waals surface area contributed by atoms with Crippen LogP contribution in [0.1, 0.15) is 35.6 Å². The van der Waals surface area contributed by atoms with E-state index in [1.165, 1.54) is 9.13 Å². The molecule has 12 rings (SSSR count). The van der Waals surface area contributed by atoms with Gasteiger partial charge in [-0.2, -0.15) is 9.97 Å². The highest BCUT2D eigenvalue weighted by atomic mass is 15.2. The predicted molar refractivity (Wildman–Crippen MR) is 256 cm³/mol. The lowest BCUT2D eigenvalue weighted by Gasteiger charge is -2.13. The van der Waals surface area contributed by atoms with Crippen molar-refractivity contribution in [2.75, 3.05) is 0 Å². The second-order valence-corrected chi connectivity index (χ2v) is 13.7. The molecule has 0 fully saturated rings. The Morgan fingerprint density at radius 1 is 0.323 bits per heavy atom. The molecule has 0 spiro atoms. The van der Waals surface area contributed by atoms with Crippen molar-refractivity contribution in [2.45, 2.75) is 0 Å². The molecule has 0 radical (unpaired) electrons. The monoisotopic (exact) mass is 817 g/mol. The molecule has 5 heteroatoms. The zero-order valence-corrected chi connectivity index (χ0v) is 31.6. The highest BCUT2D eigenvalue weighted by molar-refractivity contribution is 6.19. The minimum Gasteiger partial charge on any atom is -0.309 e. The van der Waals surface area contributed by atoms with Crippen LogP contribution in [0, 0.1) is 0 Å². The average Bonchev–Trinajstić information content (AvgIpc) is 1.14. The Labute approximate surface area is 395 Å². The van der Waals surface area contributed by atoms with Gasteiger partial charge in [-0.1, -0.05) is 175 Å². The molecular weight excluding hydrogens is 755 g/mol. The summed E-state index contributed by atoms with van der Waals surface area (Å²) in [4.78, 5) is 14.1. The second kappa shape index (κ2) is 14.7. The van der Waals surface area contributed by atoms with Crippen LogP contribution in [-0.2, 0) is 0 Å². The number of para-hydroxylation sites is 2. The fraction of sp³-hybridized carbons (Fsp3) is 0. The molecule has 0 amide bonds. The van der Waals surface area contributed by atoms with Crippen LogP contribution in [0.25, 0.3) is 111 Å². The van der Waals surface area contributed by atoms with E-state index in [1.54, 1.807) is 60.7 Å². The maximum atomic E-state index is 9.98. The van der Waals surface area contributed by atoms with Gasteiger partial charge in [-0.3, -0.25) is 4.57 Å². The maximum absolute atomic E-state index is 9.98. The first-order valence-corrected chi connectivity index (χ1v) is 18.8. The molecule has 62 heavy (non-hydrogen) atoms. The third-order valence-corrected chi connectivity index (χ3v) is 10.1. The molecule has 0 N–H and O–H groups in total. The van der Waals surface area contributed by atoms with Gasteiger partial charge in [0.15, 0.2) is 11.6 Å². The lowest BCUT2D eigenvalue weighted by Crippen LogP contribution is -2.06. The summed E-state index contributed by atoms with van der Waals surface area (Å²) in [7, 11) is 0. The Bertz CT molecular complexity index is 5100. The fourth-order valence-corrected chi connectivity index (χ4v) is 7.49. The Kier molecular flexibility index (Phi) is 4.28. The van der Waals surface area contributed by atoms with Crippen LogP contribution in [0.3, 0.4) is 0 Å². The van der Waals surface area contributed by atoms with Crippen molar-refractivity contribution in [2.24, 2.45) is 0 Å². The summed E-state index contributed by atoms with van der Waals surface area (Å²) in [6.07, 6.45) is 0. The van der Waals surface area contributed by atoms with Gasteiger partial charge in [-0.15, -0.1) is 0 Å². The van der Waals surface area contributed by atoms with E-state index in [9.17, 15) is 9.60 Å². The number of hydrogen-bond acceptors (Lipinski definition) is 3. The lowest BCUT2D eigenvalue weighted by atomic mass is 9.99. The number of aromatic nitrogens is 5. The third kappa shape index (κ3) is 6.06. The summed E-state index contributed by atoms with van der Waals surface area (Å²) in [5.41, 5.74) is -3.99. The van der Waals surface area contributed by atoms with E-state index in [-0.39, 0.29) is 17.0 Å². The van der Waals surface area contributed by atoms with Crippen LogP contribution in [-0.4, -0.2) is 24.1 Å². The van der Waals surface area contributed by atoms with Crippen molar-refractivity contribution in [3.8, 4) is 67.8 Å². The fourth-order valence-electron chi connectivity index (χ4n) is 7.49. The van der Waals surface area contributed by atoms with Crippen molar-refractivity contribution in [3.05, 3.63) is 224 Å². The Hall–Kier alpha value is -8.41. The van der Waals surface area contributed by atoms with Gasteiger partial charge >= 0.3 is 0 Å². The Morgan fingerprint density at radius 3 is 1.48 bits per heavy atom. The summed E-state index contributed by atoms with van der Waals surface area (Å²) in [5.74, 6) is -1.58. The summed E-state index contributed by atoms with van der Waals surface area (Å²) in [6, 6.07) is -2.44. The van der Waals surface area contributed by atoms with Gasteiger partial charge in [-0.25, -0.2) is 4.98 Å². The van der Waals surface area contributed by atoms with Gasteiger partial charge in [0, 0.05) is 38.4 Å². The van der Waals surface area contributed by atoms with Gasteiger partial charge < -0.3 is 4.57 Å². The number of benzene rings is 9. The topological polar surface area (TPSA) is 48.5 Å². The summed E-state index contributed by atoms with van der Waals surface area (Å²) >= 11 is 0. The number of nitrogens with zero attached hydrogens (tertiary/aromatic N) is 5. The Morgan fingerprint density at radius 2 is 0.806 bits per heavy atom. The van der Waals surface area contributed by atoms with Crippen molar-refractivity contribution >= 4 is 43.6 Å². The van der Waals surface area contributed by atoms with Crippen LogP contribution in [0.4, 0.5) is 0 Å². The summed E-state index contributed by atoms with van der Waals surface area (Å²) in [5, 5.41) is 1.99. The first kappa shape index (κ1) is 18.1. The van der Waals surface area contributed by atoms with Crippen LogP contribution < -0.4 is 0 Å². The molecule has 0 aliphatic carbocycles. The normalized spacial score (nSPS) is 17.4. The van der Waals surface area contributed by atoms with Crippen molar-refractivity contribution in [1.29, 1.82) is 0 Å². The predicted octanol–water partition coefficient (Wildman–Crippen LogP) is 14.4. The van der Waals surface area contributed by atoms with E-state index in [0.29, 0.717) is 32.6 Å². The first-order chi connectivity index (χ1) is 41.5. The van der Waals surface area contributed by atoms with Crippen molar-refractivity contribution < 1.29 is 35.6 Å². The van der Waals surface area contributed by atoms with Crippen LogP contribution in [0.15, 0.2) is 224 Å². The van der Waals surface area contributed by atoms with Crippen LogP contribution in [0.2, 0.25) is 0 Å². The number of hydrogen-bond donors (Lipinski definition) is 0. The minimum absolute atomic E-state index is 0.190. The van der Waals surface area contributed by atoms with E-state index in [0.717, 1.165) is 6.07 Å². The van der Waals surface area contributed by atoms with Gasteiger partial charge in [0.2, 0.25) is 5.95 Å². The van der Waals surface area contributed by atoms with E-state index in [2.05, 4.69) is 4.98 Å². The lowest BCUT2D eigenvalue weighted by molar-refractivity contribution is 0.953. The molecule has 12 aromatic rings. The third-order valence-electron chi connectivity index (χ3n) is 10.1. The van der Waals surface area contributed by atoms with Crippen molar-refractivity contribution in [3.63, 3.8) is 0 Å². The molecular formula is C57H37N5. The quantitative estimate of drug-likeness (QED) is 0.161.